The number of aromatic nitrogens is 3. The Morgan fingerprint density at radius 3 is 2.63 bits per heavy atom. The highest BCUT2D eigenvalue weighted by Gasteiger charge is 2.33. The van der Waals surface area contributed by atoms with Crippen LogP contribution in [0.25, 0.3) is 22.7 Å². The van der Waals surface area contributed by atoms with Gasteiger partial charge in [-0.3, -0.25) is 4.79 Å². The first kappa shape index (κ1) is 20.3. The summed E-state index contributed by atoms with van der Waals surface area (Å²) in [6.07, 6.45) is 3.75. The standard InChI is InChI=1S/C24H28N4O2/c1-16-13-20(30-27-16)19-14-25-22(17-9-6-5-7-10-17)26-21(19)18-11-8-12-28(15-18)23(29)24(2,3)4/h5-7,9-10,13-14,18H,8,11-12,15H2,1-4H3. The first-order valence-electron chi connectivity index (χ1n) is 10.5. The molecule has 1 fully saturated rings. The van der Waals surface area contributed by atoms with Crippen molar-refractivity contribution >= 4 is 5.91 Å². The lowest BCUT2D eigenvalue weighted by atomic mass is 9.88. The number of piperidine rings is 1. The van der Waals surface area contributed by atoms with Crippen molar-refractivity contribution in [3.05, 3.63) is 54.0 Å². The van der Waals surface area contributed by atoms with Gasteiger partial charge in [-0.15, -0.1) is 0 Å². The number of aryl methyl sites for hydroxylation is 1. The van der Waals surface area contributed by atoms with E-state index in [-0.39, 0.29) is 11.8 Å². The first-order valence-corrected chi connectivity index (χ1v) is 10.5. The zero-order valence-corrected chi connectivity index (χ0v) is 18.1. The van der Waals surface area contributed by atoms with Crippen molar-refractivity contribution in [1.29, 1.82) is 0 Å². The van der Waals surface area contributed by atoms with Gasteiger partial charge in [-0.25, -0.2) is 9.97 Å². The fraction of sp³-hybridized carbons (Fsp3) is 0.417. The zero-order chi connectivity index (χ0) is 21.3. The normalized spacial score (nSPS) is 17.2. The minimum atomic E-state index is -0.395. The Labute approximate surface area is 177 Å². The molecule has 0 aliphatic carbocycles. The summed E-state index contributed by atoms with van der Waals surface area (Å²) in [5.41, 5.74) is 3.17. The summed E-state index contributed by atoms with van der Waals surface area (Å²) < 4.78 is 5.55. The Kier molecular flexibility index (Phi) is 5.41. The van der Waals surface area contributed by atoms with E-state index in [9.17, 15) is 4.79 Å². The van der Waals surface area contributed by atoms with Crippen LogP contribution in [-0.4, -0.2) is 39.0 Å². The molecule has 1 aliphatic heterocycles. The number of likely N-dealkylation sites (tertiary alicyclic amines) is 1. The molecular formula is C24H28N4O2. The molecule has 30 heavy (non-hydrogen) atoms. The van der Waals surface area contributed by atoms with Crippen LogP contribution in [0.4, 0.5) is 0 Å². The highest BCUT2D eigenvalue weighted by molar-refractivity contribution is 5.81. The van der Waals surface area contributed by atoms with E-state index in [1.165, 1.54) is 0 Å². The van der Waals surface area contributed by atoms with Gasteiger partial charge in [0.15, 0.2) is 11.6 Å². The van der Waals surface area contributed by atoms with E-state index in [2.05, 4.69) is 10.1 Å². The van der Waals surface area contributed by atoms with Gasteiger partial charge in [-0.2, -0.15) is 0 Å². The molecule has 1 saturated heterocycles. The molecule has 6 nitrogen and oxygen atoms in total. The molecular weight excluding hydrogens is 376 g/mol. The van der Waals surface area contributed by atoms with Gasteiger partial charge in [0.05, 0.1) is 17.0 Å². The summed E-state index contributed by atoms with van der Waals surface area (Å²) in [5, 5.41) is 4.04. The van der Waals surface area contributed by atoms with Crippen molar-refractivity contribution in [2.75, 3.05) is 13.1 Å². The zero-order valence-electron chi connectivity index (χ0n) is 18.1. The number of carbonyl (C=O) groups is 1. The molecule has 156 valence electrons. The van der Waals surface area contributed by atoms with Crippen LogP contribution < -0.4 is 0 Å². The SMILES string of the molecule is Cc1cc(-c2cnc(-c3ccccc3)nc2C2CCCN(C(=O)C(C)(C)C)C2)on1. The van der Waals surface area contributed by atoms with Crippen molar-refractivity contribution in [2.45, 2.75) is 46.5 Å². The molecule has 3 aromatic rings. The van der Waals surface area contributed by atoms with E-state index < -0.39 is 5.41 Å². The van der Waals surface area contributed by atoms with E-state index in [1.807, 2.05) is 75.2 Å². The average Bonchev–Trinajstić information content (AvgIpc) is 3.19. The lowest BCUT2D eigenvalue weighted by Gasteiger charge is -2.36. The second kappa shape index (κ2) is 8.01. The van der Waals surface area contributed by atoms with Crippen LogP contribution in [-0.2, 0) is 4.79 Å². The van der Waals surface area contributed by atoms with Gasteiger partial charge in [0.25, 0.3) is 0 Å². The van der Waals surface area contributed by atoms with E-state index in [0.717, 1.165) is 41.9 Å². The Bertz CT molecular complexity index is 1040. The first-order chi connectivity index (χ1) is 14.3. The summed E-state index contributed by atoms with van der Waals surface area (Å²) in [5.74, 6) is 1.66. The molecule has 0 bridgehead atoms. The molecule has 0 spiro atoms. The van der Waals surface area contributed by atoms with Gasteiger partial charge in [0.2, 0.25) is 5.91 Å². The van der Waals surface area contributed by atoms with Crippen molar-refractivity contribution in [2.24, 2.45) is 5.41 Å². The van der Waals surface area contributed by atoms with Gasteiger partial charge in [-0.05, 0) is 19.8 Å². The summed E-state index contributed by atoms with van der Waals surface area (Å²) in [6.45, 7) is 9.26. The van der Waals surface area contributed by atoms with Gasteiger partial charge < -0.3 is 9.42 Å². The van der Waals surface area contributed by atoms with Crippen LogP contribution in [0.5, 0.6) is 0 Å². The molecule has 0 radical (unpaired) electrons. The van der Waals surface area contributed by atoms with Crippen molar-refractivity contribution in [3.63, 3.8) is 0 Å². The molecule has 1 unspecified atom stereocenters. The van der Waals surface area contributed by atoms with Crippen LogP contribution in [0.3, 0.4) is 0 Å². The Morgan fingerprint density at radius 1 is 1.20 bits per heavy atom. The second-order valence-electron chi connectivity index (χ2n) is 9.03. The molecule has 1 aromatic carbocycles. The molecule has 1 atom stereocenters. The fourth-order valence-corrected chi connectivity index (χ4v) is 3.97. The van der Waals surface area contributed by atoms with Crippen LogP contribution >= 0.6 is 0 Å². The maximum Gasteiger partial charge on any atom is 0.227 e. The van der Waals surface area contributed by atoms with Crippen molar-refractivity contribution in [1.82, 2.24) is 20.0 Å². The number of nitrogens with zero attached hydrogens (tertiary/aromatic N) is 4. The minimum Gasteiger partial charge on any atom is -0.356 e. The quantitative estimate of drug-likeness (QED) is 0.623. The number of benzene rings is 1. The van der Waals surface area contributed by atoms with Gasteiger partial charge in [0, 0.05) is 42.2 Å². The van der Waals surface area contributed by atoms with Crippen LogP contribution in [0, 0.1) is 12.3 Å². The lowest BCUT2D eigenvalue weighted by molar-refractivity contribution is -0.140. The van der Waals surface area contributed by atoms with Crippen LogP contribution in [0.2, 0.25) is 0 Å². The number of hydrogen-bond donors (Lipinski definition) is 0. The molecule has 2 aromatic heterocycles. The van der Waals surface area contributed by atoms with Crippen LogP contribution in [0.1, 0.15) is 50.9 Å². The highest BCUT2D eigenvalue weighted by Crippen LogP contribution is 2.35. The molecule has 1 amide bonds. The van der Waals surface area contributed by atoms with Gasteiger partial charge >= 0.3 is 0 Å². The Hall–Kier alpha value is -3.02. The molecule has 4 rings (SSSR count). The smallest absolute Gasteiger partial charge is 0.227 e. The Morgan fingerprint density at radius 2 is 1.97 bits per heavy atom. The lowest BCUT2D eigenvalue weighted by Crippen LogP contribution is -2.44. The van der Waals surface area contributed by atoms with Gasteiger partial charge in [0.1, 0.15) is 0 Å². The summed E-state index contributed by atoms with van der Waals surface area (Å²) in [4.78, 5) is 24.5. The predicted molar refractivity (Wildman–Crippen MR) is 116 cm³/mol. The molecule has 0 N–H and O–H groups in total. The number of carbonyl (C=O) groups excluding carboxylic acids is 1. The van der Waals surface area contributed by atoms with E-state index in [4.69, 9.17) is 9.51 Å². The van der Waals surface area contributed by atoms with Crippen LogP contribution in [0.15, 0.2) is 47.1 Å². The maximum atomic E-state index is 12.9. The maximum absolute atomic E-state index is 12.9. The summed E-state index contributed by atoms with van der Waals surface area (Å²) in [7, 11) is 0. The number of rotatable bonds is 3. The number of amides is 1. The molecule has 0 saturated carbocycles. The third-order valence-corrected chi connectivity index (χ3v) is 5.48. The van der Waals surface area contributed by atoms with Crippen molar-refractivity contribution < 1.29 is 9.32 Å². The highest BCUT2D eigenvalue weighted by atomic mass is 16.5. The fourth-order valence-electron chi connectivity index (χ4n) is 3.97. The molecule has 1 aliphatic rings. The number of hydrogen-bond acceptors (Lipinski definition) is 5. The largest absolute Gasteiger partial charge is 0.356 e. The topological polar surface area (TPSA) is 72.1 Å². The monoisotopic (exact) mass is 404 g/mol. The average molecular weight is 405 g/mol. The molecule has 6 heteroatoms. The van der Waals surface area contributed by atoms with E-state index in [1.54, 1.807) is 0 Å². The van der Waals surface area contributed by atoms with E-state index >= 15 is 0 Å². The van der Waals surface area contributed by atoms with Crippen molar-refractivity contribution in [3.8, 4) is 22.7 Å². The summed E-state index contributed by atoms with van der Waals surface area (Å²) in [6, 6.07) is 11.9. The molecule has 3 heterocycles. The van der Waals surface area contributed by atoms with E-state index in [0.29, 0.717) is 18.1 Å². The van der Waals surface area contributed by atoms with Gasteiger partial charge in [-0.1, -0.05) is 56.3 Å². The predicted octanol–water partition coefficient (Wildman–Crippen LogP) is 4.86. The second-order valence-corrected chi connectivity index (χ2v) is 9.03. The third-order valence-electron chi connectivity index (χ3n) is 5.48. The third kappa shape index (κ3) is 4.13. The minimum absolute atomic E-state index is 0.121. The summed E-state index contributed by atoms with van der Waals surface area (Å²) >= 11 is 0. The Balaban J connectivity index is 1.75.